The molecule has 152 valence electrons. The largest absolute Gasteiger partial charge is 0.458 e. The van der Waals surface area contributed by atoms with Gasteiger partial charge in [0.1, 0.15) is 6.10 Å². The zero-order valence-corrected chi connectivity index (χ0v) is 17.3. The van der Waals surface area contributed by atoms with E-state index in [4.69, 9.17) is 15.9 Å². The monoisotopic (exact) mass is 384 g/mol. The van der Waals surface area contributed by atoms with E-state index in [2.05, 4.69) is 18.9 Å². The van der Waals surface area contributed by atoms with Crippen molar-refractivity contribution in [3.63, 3.8) is 0 Å². The summed E-state index contributed by atoms with van der Waals surface area (Å²) in [7, 11) is 0. The fraction of sp³-hybridized carbons (Fsp3) is 0.750. The first-order valence-corrected chi connectivity index (χ1v) is 10.8. The number of carbonyl (C=O) groups is 2. The van der Waals surface area contributed by atoms with E-state index < -0.39 is 5.60 Å². The molecule has 0 spiro atoms. The highest BCUT2D eigenvalue weighted by atomic mass is 16.6. The van der Waals surface area contributed by atoms with Crippen LogP contribution in [0.1, 0.15) is 72.1 Å². The van der Waals surface area contributed by atoms with Gasteiger partial charge in [0, 0.05) is 19.3 Å². The molecule has 0 aromatic heterocycles. The fourth-order valence-corrected chi connectivity index (χ4v) is 7.28. The predicted octanol–water partition coefficient (Wildman–Crippen LogP) is 4.43. The van der Waals surface area contributed by atoms with Crippen molar-refractivity contribution in [3.8, 4) is 12.3 Å². The van der Waals surface area contributed by atoms with E-state index in [9.17, 15) is 9.59 Å². The summed E-state index contributed by atoms with van der Waals surface area (Å²) in [4.78, 5) is 23.1. The SMILES string of the molecule is C#C[C@]1(OC(C)=O)CC[C@@H]2[C@@H]3CCC4=C[C@H](OC(C)=O)CC[C@@H]4[C@@H]3CC[C@@]21C. The highest BCUT2D eigenvalue weighted by Gasteiger charge is 2.64. The van der Waals surface area contributed by atoms with Gasteiger partial charge in [-0.05, 0) is 81.1 Å². The number of fused-ring (bicyclic) bond motifs is 5. The highest BCUT2D eigenvalue weighted by Crippen LogP contribution is 2.65. The molecule has 0 aliphatic heterocycles. The third-order valence-electron chi connectivity index (χ3n) is 8.40. The van der Waals surface area contributed by atoms with Gasteiger partial charge in [0.25, 0.3) is 0 Å². The van der Waals surface area contributed by atoms with E-state index in [1.165, 1.54) is 25.8 Å². The van der Waals surface area contributed by atoms with Crippen LogP contribution in [0.25, 0.3) is 0 Å². The van der Waals surface area contributed by atoms with Crippen LogP contribution in [0.2, 0.25) is 0 Å². The van der Waals surface area contributed by atoms with Crippen LogP contribution >= 0.6 is 0 Å². The maximum atomic E-state index is 11.8. The summed E-state index contributed by atoms with van der Waals surface area (Å²) in [6.07, 6.45) is 16.5. The van der Waals surface area contributed by atoms with Gasteiger partial charge in [0.05, 0.1) is 0 Å². The standard InChI is InChI=1S/C24H32O4/c1-5-24(28-16(3)26)13-11-22-21-8-6-17-14-18(27-15(2)25)7-9-19(17)20(21)10-12-23(22,24)4/h1,14,18-22H,6-13H2,2-4H3/t18-,19+,20+,21-,22-,23+,24+/m1/s1. The Bertz CT molecular complexity index is 746. The molecule has 7 atom stereocenters. The minimum absolute atomic E-state index is 0.0429. The van der Waals surface area contributed by atoms with Gasteiger partial charge in [-0.25, -0.2) is 0 Å². The first-order chi connectivity index (χ1) is 13.3. The molecule has 3 saturated carbocycles. The lowest BCUT2D eigenvalue weighted by atomic mass is 9.50. The second-order valence-electron chi connectivity index (χ2n) is 9.61. The second kappa shape index (κ2) is 6.94. The van der Waals surface area contributed by atoms with Gasteiger partial charge in [0.15, 0.2) is 5.60 Å². The maximum absolute atomic E-state index is 11.8. The van der Waals surface area contributed by atoms with E-state index in [0.717, 1.165) is 44.9 Å². The average molecular weight is 385 g/mol. The topological polar surface area (TPSA) is 52.6 Å². The normalized spacial score (nSPS) is 44.2. The summed E-state index contributed by atoms with van der Waals surface area (Å²) in [5.74, 6) is 4.94. The lowest BCUT2D eigenvalue weighted by Crippen LogP contribution is -2.53. The minimum Gasteiger partial charge on any atom is -0.458 e. The molecule has 0 N–H and O–H groups in total. The van der Waals surface area contributed by atoms with Crippen molar-refractivity contribution in [3.05, 3.63) is 11.6 Å². The van der Waals surface area contributed by atoms with Crippen molar-refractivity contribution >= 4 is 11.9 Å². The van der Waals surface area contributed by atoms with E-state index in [0.29, 0.717) is 23.7 Å². The second-order valence-corrected chi connectivity index (χ2v) is 9.61. The number of hydrogen-bond donors (Lipinski definition) is 0. The summed E-state index contributed by atoms with van der Waals surface area (Å²) < 4.78 is 11.3. The molecule has 28 heavy (non-hydrogen) atoms. The molecular formula is C24H32O4. The van der Waals surface area contributed by atoms with Crippen molar-refractivity contribution in [2.75, 3.05) is 0 Å². The van der Waals surface area contributed by atoms with E-state index in [1.54, 1.807) is 0 Å². The van der Waals surface area contributed by atoms with Gasteiger partial charge < -0.3 is 9.47 Å². The molecule has 4 aliphatic rings. The van der Waals surface area contributed by atoms with Crippen LogP contribution in [-0.2, 0) is 19.1 Å². The number of ether oxygens (including phenoxy) is 2. The number of carbonyl (C=O) groups excluding carboxylic acids is 2. The molecule has 0 unspecified atom stereocenters. The van der Waals surface area contributed by atoms with Gasteiger partial charge in [-0.1, -0.05) is 18.4 Å². The fourth-order valence-electron chi connectivity index (χ4n) is 7.28. The Kier molecular flexibility index (Phi) is 4.84. The van der Waals surface area contributed by atoms with Crippen LogP contribution < -0.4 is 0 Å². The predicted molar refractivity (Wildman–Crippen MR) is 106 cm³/mol. The van der Waals surface area contributed by atoms with Crippen molar-refractivity contribution in [2.24, 2.45) is 29.1 Å². The van der Waals surface area contributed by atoms with Crippen LogP contribution in [0.3, 0.4) is 0 Å². The molecule has 4 nitrogen and oxygen atoms in total. The molecule has 0 bridgehead atoms. The van der Waals surface area contributed by atoms with Crippen LogP contribution in [0.4, 0.5) is 0 Å². The third kappa shape index (κ3) is 2.90. The van der Waals surface area contributed by atoms with E-state index >= 15 is 0 Å². The average Bonchev–Trinajstić information content (AvgIpc) is 2.93. The molecule has 4 rings (SSSR count). The Morgan fingerprint density at radius 3 is 2.54 bits per heavy atom. The number of rotatable bonds is 2. The van der Waals surface area contributed by atoms with Gasteiger partial charge in [-0.3, -0.25) is 9.59 Å². The maximum Gasteiger partial charge on any atom is 0.304 e. The minimum atomic E-state index is -0.739. The number of terminal acetylenes is 1. The van der Waals surface area contributed by atoms with Crippen molar-refractivity contribution in [1.82, 2.24) is 0 Å². The van der Waals surface area contributed by atoms with Crippen molar-refractivity contribution in [2.45, 2.75) is 83.8 Å². The first kappa shape index (κ1) is 19.6. The molecule has 0 radical (unpaired) electrons. The quantitative estimate of drug-likeness (QED) is 0.402. The lowest BCUT2D eigenvalue weighted by Gasteiger charge is -2.55. The highest BCUT2D eigenvalue weighted by molar-refractivity contribution is 5.67. The summed E-state index contributed by atoms with van der Waals surface area (Å²) >= 11 is 0. The lowest BCUT2D eigenvalue weighted by molar-refractivity contribution is -0.167. The summed E-state index contributed by atoms with van der Waals surface area (Å²) in [5, 5.41) is 0. The third-order valence-corrected chi connectivity index (χ3v) is 8.40. The van der Waals surface area contributed by atoms with Crippen LogP contribution in [0.5, 0.6) is 0 Å². The summed E-state index contributed by atoms with van der Waals surface area (Å²) in [6.45, 7) is 5.23. The molecule has 0 aromatic rings. The number of allylic oxidation sites excluding steroid dienone is 1. The molecule has 4 aliphatic carbocycles. The van der Waals surface area contributed by atoms with Crippen LogP contribution in [-0.4, -0.2) is 23.6 Å². The molecule has 4 heteroatoms. The Balaban J connectivity index is 1.57. The van der Waals surface area contributed by atoms with Gasteiger partial charge in [-0.2, -0.15) is 0 Å². The smallest absolute Gasteiger partial charge is 0.304 e. The molecule has 3 fully saturated rings. The zero-order chi connectivity index (χ0) is 20.1. The molecule has 0 saturated heterocycles. The number of hydrogen-bond acceptors (Lipinski definition) is 4. The van der Waals surface area contributed by atoms with Crippen molar-refractivity contribution in [1.29, 1.82) is 0 Å². The van der Waals surface area contributed by atoms with E-state index in [1.807, 2.05) is 0 Å². The molecular weight excluding hydrogens is 352 g/mol. The molecule has 0 amide bonds. The van der Waals surface area contributed by atoms with E-state index in [-0.39, 0.29) is 23.5 Å². The van der Waals surface area contributed by atoms with Crippen LogP contribution in [0.15, 0.2) is 11.6 Å². The molecule has 0 heterocycles. The zero-order valence-electron chi connectivity index (χ0n) is 17.3. The summed E-state index contributed by atoms with van der Waals surface area (Å²) in [6, 6.07) is 0. The Labute approximate surface area is 168 Å². The number of esters is 2. The molecule has 0 aromatic carbocycles. The van der Waals surface area contributed by atoms with Gasteiger partial charge in [-0.15, -0.1) is 6.42 Å². The Hall–Kier alpha value is -1.76. The van der Waals surface area contributed by atoms with Crippen LogP contribution in [0, 0.1) is 41.4 Å². The van der Waals surface area contributed by atoms with Crippen molar-refractivity contribution < 1.29 is 19.1 Å². The Morgan fingerprint density at radius 1 is 1.07 bits per heavy atom. The Morgan fingerprint density at radius 2 is 1.86 bits per heavy atom. The van der Waals surface area contributed by atoms with Gasteiger partial charge in [0.2, 0.25) is 0 Å². The summed E-state index contributed by atoms with van der Waals surface area (Å²) in [5.41, 5.74) is 0.644. The van der Waals surface area contributed by atoms with Gasteiger partial charge >= 0.3 is 11.9 Å². The first-order valence-electron chi connectivity index (χ1n) is 10.8.